The summed E-state index contributed by atoms with van der Waals surface area (Å²) in [5.41, 5.74) is 0. The minimum Gasteiger partial charge on any atom is -0.169 e. The van der Waals surface area contributed by atoms with Crippen LogP contribution in [-0.4, -0.2) is 12.8 Å². The van der Waals surface area contributed by atoms with E-state index >= 15 is 0 Å². The van der Waals surface area contributed by atoms with Crippen molar-refractivity contribution in [1.29, 1.82) is 0 Å². The highest BCUT2D eigenvalue weighted by Gasteiger charge is 1.84. The summed E-state index contributed by atoms with van der Waals surface area (Å²) in [4.78, 5) is 0. The van der Waals surface area contributed by atoms with E-state index in [9.17, 15) is 0 Å². The summed E-state index contributed by atoms with van der Waals surface area (Å²) in [5.74, 6) is 0. The Labute approximate surface area is 60.5 Å². The molecule has 0 unspecified atom stereocenters. The average Bonchev–Trinajstić information content (AvgIpc) is 2.01. The molecule has 0 saturated carbocycles. The van der Waals surface area contributed by atoms with Gasteiger partial charge in [-0.15, -0.1) is 5.10 Å². The summed E-state index contributed by atoms with van der Waals surface area (Å²) >= 11 is 0. The van der Waals surface area contributed by atoms with Gasteiger partial charge in [-0.05, 0) is 30.6 Å². The lowest BCUT2D eigenvalue weighted by molar-refractivity contribution is 0.728. The number of hydrogen-bond acceptors (Lipinski definition) is 3. The van der Waals surface area contributed by atoms with Gasteiger partial charge in [0.2, 0.25) is 0 Å². The first kappa shape index (κ1) is 7.12. The molecule has 3 heteroatoms. The predicted octanol–water partition coefficient (Wildman–Crippen LogP) is 2.16. The topological polar surface area (TPSA) is 37.1 Å². The quantitative estimate of drug-likeness (QED) is 0.490. The molecule has 1 rings (SSSR count). The van der Waals surface area contributed by atoms with E-state index in [0.717, 1.165) is 19.4 Å². The van der Waals surface area contributed by atoms with Crippen LogP contribution in [0, 0.1) is 0 Å². The summed E-state index contributed by atoms with van der Waals surface area (Å²) in [5, 5.41) is 11.1. The standard InChI is InChI=1S/C7H11N3/c1-2-4-6-8-10-9-7-5-3-1/h2,4,6H,1,3,5,7H2/b4-2-,8-6-,10-9?. The first-order valence-corrected chi connectivity index (χ1v) is 3.55. The van der Waals surface area contributed by atoms with Crippen LogP contribution < -0.4 is 0 Å². The van der Waals surface area contributed by atoms with Crippen LogP contribution in [-0.2, 0) is 0 Å². The van der Waals surface area contributed by atoms with Gasteiger partial charge in [-0.25, -0.2) is 0 Å². The molecule has 0 aromatic carbocycles. The van der Waals surface area contributed by atoms with Crippen LogP contribution in [0.4, 0.5) is 0 Å². The van der Waals surface area contributed by atoms with Crippen LogP contribution in [0.5, 0.6) is 0 Å². The normalized spacial score (nSPS) is 25.6. The fraction of sp³-hybridized carbons (Fsp3) is 0.571. The van der Waals surface area contributed by atoms with Gasteiger partial charge in [-0.3, -0.25) is 0 Å². The van der Waals surface area contributed by atoms with Crippen molar-refractivity contribution in [3.63, 3.8) is 0 Å². The van der Waals surface area contributed by atoms with E-state index < -0.39 is 0 Å². The maximum absolute atomic E-state index is 3.83. The Hall–Kier alpha value is -0.990. The molecule has 0 radical (unpaired) electrons. The molecule has 1 aliphatic rings. The van der Waals surface area contributed by atoms with Crippen LogP contribution in [0.1, 0.15) is 19.3 Å². The van der Waals surface area contributed by atoms with Crippen molar-refractivity contribution in [2.75, 3.05) is 6.54 Å². The molecule has 0 bridgehead atoms. The van der Waals surface area contributed by atoms with E-state index in [1.54, 1.807) is 6.21 Å². The highest BCUT2D eigenvalue weighted by molar-refractivity contribution is 5.70. The first-order chi connectivity index (χ1) is 5.00. The van der Waals surface area contributed by atoms with Gasteiger partial charge in [0.15, 0.2) is 0 Å². The third kappa shape index (κ3) is 3.12. The molecule has 1 heterocycles. The van der Waals surface area contributed by atoms with Gasteiger partial charge in [0.1, 0.15) is 0 Å². The molecule has 0 fully saturated rings. The van der Waals surface area contributed by atoms with Crippen LogP contribution >= 0.6 is 0 Å². The number of rotatable bonds is 0. The molecule has 3 nitrogen and oxygen atoms in total. The molecule has 1 aliphatic heterocycles. The van der Waals surface area contributed by atoms with Crippen LogP contribution in [0.3, 0.4) is 0 Å². The van der Waals surface area contributed by atoms with Crippen molar-refractivity contribution >= 4 is 6.21 Å². The molecular weight excluding hydrogens is 126 g/mol. The Kier molecular flexibility index (Phi) is 3.45. The molecular formula is C7H11N3. The second kappa shape index (κ2) is 4.85. The predicted molar refractivity (Wildman–Crippen MR) is 41.2 cm³/mol. The van der Waals surface area contributed by atoms with Crippen molar-refractivity contribution in [2.24, 2.45) is 15.4 Å². The lowest BCUT2D eigenvalue weighted by atomic mass is 10.2. The van der Waals surface area contributed by atoms with Gasteiger partial charge < -0.3 is 0 Å². The van der Waals surface area contributed by atoms with E-state index in [1.165, 1.54) is 6.42 Å². The summed E-state index contributed by atoms with van der Waals surface area (Å²) in [7, 11) is 0. The molecule has 0 saturated heterocycles. The fourth-order valence-corrected chi connectivity index (χ4v) is 0.751. The van der Waals surface area contributed by atoms with Gasteiger partial charge in [-0.2, -0.15) is 5.11 Å². The van der Waals surface area contributed by atoms with Crippen LogP contribution in [0.2, 0.25) is 0 Å². The summed E-state index contributed by atoms with van der Waals surface area (Å²) in [6.45, 7) is 0.811. The summed E-state index contributed by atoms with van der Waals surface area (Å²) < 4.78 is 0. The number of allylic oxidation sites excluding steroid dienone is 2. The highest BCUT2D eigenvalue weighted by Crippen LogP contribution is 1.98. The monoisotopic (exact) mass is 137 g/mol. The third-order valence-electron chi connectivity index (χ3n) is 1.28. The van der Waals surface area contributed by atoms with E-state index in [0.29, 0.717) is 0 Å². The molecule has 0 spiro atoms. The molecule has 54 valence electrons. The van der Waals surface area contributed by atoms with Crippen LogP contribution in [0.15, 0.2) is 27.6 Å². The Morgan fingerprint density at radius 1 is 1.20 bits per heavy atom. The Morgan fingerprint density at radius 3 is 3.20 bits per heavy atom. The van der Waals surface area contributed by atoms with Gasteiger partial charge in [0.25, 0.3) is 0 Å². The van der Waals surface area contributed by atoms with Crippen molar-refractivity contribution in [1.82, 2.24) is 0 Å². The van der Waals surface area contributed by atoms with Crippen molar-refractivity contribution in [3.05, 3.63) is 12.2 Å². The SMILES string of the molecule is C1=C\CCCCN=N\N=C/1. The Morgan fingerprint density at radius 2 is 2.20 bits per heavy atom. The second-order valence-corrected chi connectivity index (χ2v) is 2.14. The second-order valence-electron chi connectivity index (χ2n) is 2.14. The fourth-order valence-electron chi connectivity index (χ4n) is 0.751. The Balaban J connectivity index is 2.40. The number of nitrogens with zero attached hydrogens (tertiary/aromatic N) is 3. The highest BCUT2D eigenvalue weighted by atomic mass is 15.4. The lowest BCUT2D eigenvalue weighted by Crippen LogP contribution is -1.80. The molecule has 0 amide bonds. The van der Waals surface area contributed by atoms with Gasteiger partial charge in [-0.1, -0.05) is 6.08 Å². The van der Waals surface area contributed by atoms with Crippen molar-refractivity contribution in [2.45, 2.75) is 19.3 Å². The minimum absolute atomic E-state index is 0.811. The smallest absolute Gasteiger partial charge is 0.0621 e. The van der Waals surface area contributed by atoms with Crippen molar-refractivity contribution in [3.8, 4) is 0 Å². The molecule has 0 aromatic heterocycles. The first-order valence-electron chi connectivity index (χ1n) is 3.55. The molecule has 10 heavy (non-hydrogen) atoms. The maximum Gasteiger partial charge on any atom is 0.0621 e. The van der Waals surface area contributed by atoms with E-state index in [1.807, 2.05) is 6.08 Å². The average molecular weight is 137 g/mol. The molecule has 0 atom stereocenters. The van der Waals surface area contributed by atoms with Crippen molar-refractivity contribution < 1.29 is 0 Å². The third-order valence-corrected chi connectivity index (χ3v) is 1.28. The van der Waals surface area contributed by atoms with E-state index in [4.69, 9.17) is 0 Å². The van der Waals surface area contributed by atoms with Gasteiger partial charge >= 0.3 is 0 Å². The zero-order chi connectivity index (χ0) is 7.07. The van der Waals surface area contributed by atoms with Gasteiger partial charge in [0.05, 0.1) is 12.8 Å². The summed E-state index contributed by atoms with van der Waals surface area (Å²) in [6.07, 6.45) is 9.11. The number of hydrogen-bond donors (Lipinski definition) is 0. The largest absolute Gasteiger partial charge is 0.169 e. The minimum atomic E-state index is 0.811. The van der Waals surface area contributed by atoms with E-state index in [-0.39, 0.29) is 0 Å². The summed E-state index contributed by atoms with van der Waals surface area (Å²) in [6, 6.07) is 0. The lowest BCUT2D eigenvalue weighted by Gasteiger charge is -1.91. The zero-order valence-corrected chi connectivity index (χ0v) is 5.90. The molecule has 0 aliphatic carbocycles. The Bertz CT molecular complexity index is 140. The van der Waals surface area contributed by atoms with Gasteiger partial charge in [0, 0.05) is 0 Å². The molecule has 0 N–H and O–H groups in total. The van der Waals surface area contributed by atoms with Crippen LogP contribution in [0.25, 0.3) is 0 Å². The maximum atomic E-state index is 3.83. The molecule has 0 aromatic rings. The zero-order valence-electron chi connectivity index (χ0n) is 5.90. The van der Waals surface area contributed by atoms with E-state index in [2.05, 4.69) is 21.5 Å².